The summed E-state index contributed by atoms with van der Waals surface area (Å²) in [4.78, 5) is 23.8. The quantitative estimate of drug-likeness (QED) is 0.897. The minimum Gasteiger partial charge on any atom is -0.392 e. The highest BCUT2D eigenvalue weighted by Crippen LogP contribution is 2.24. The van der Waals surface area contributed by atoms with E-state index in [9.17, 15) is 9.90 Å². The van der Waals surface area contributed by atoms with Crippen molar-refractivity contribution >= 4 is 11.7 Å². The molecule has 2 atom stereocenters. The smallest absolute Gasteiger partial charge is 0.254 e. The molecule has 1 N–H and O–H groups in total. The summed E-state index contributed by atoms with van der Waals surface area (Å²) in [5.41, 5.74) is 0.728. The van der Waals surface area contributed by atoms with E-state index in [1.165, 1.54) is 19.3 Å². The molecule has 6 heteroatoms. The molecular weight excluding hydrogens is 316 g/mol. The van der Waals surface area contributed by atoms with Crippen LogP contribution in [0.25, 0.3) is 0 Å². The number of aliphatic hydroxyl groups is 1. The number of pyridine rings is 1. The number of β-amino-alcohol motifs (C(OH)–C–C–N with tert-alkyl or cyclic N) is 1. The first-order valence-corrected chi connectivity index (χ1v) is 9.47. The van der Waals surface area contributed by atoms with Crippen molar-refractivity contribution < 1.29 is 9.90 Å². The number of piperidine rings is 1. The van der Waals surface area contributed by atoms with Crippen molar-refractivity contribution in [2.75, 3.05) is 44.2 Å². The van der Waals surface area contributed by atoms with E-state index < -0.39 is 0 Å². The number of carbonyl (C=O) groups is 1. The van der Waals surface area contributed by atoms with Gasteiger partial charge in [-0.05, 0) is 45.2 Å². The third kappa shape index (κ3) is 4.50. The molecule has 0 radical (unpaired) electrons. The predicted molar refractivity (Wildman–Crippen MR) is 98.9 cm³/mol. The number of aliphatic hydroxyl groups excluding tert-OH is 1. The molecule has 1 aromatic rings. The molecule has 0 aromatic carbocycles. The molecule has 138 valence electrons. The fourth-order valence-electron chi connectivity index (χ4n) is 3.84. The summed E-state index contributed by atoms with van der Waals surface area (Å²) in [6.07, 6.45) is 5.08. The van der Waals surface area contributed by atoms with Gasteiger partial charge in [0.05, 0.1) is 6.10 Å². The van der Waals surface area contributed by atoms with Crippen molar-refractivity contribution in [2.24, 2.45) is 0 Å². The summed E-state index contributed by atoms with van der Waals surface area (Å²) < 4.78 is 0. The van der Waals surface area contributed by atoms with Gasteiger partial charge in [-0.25, -0.2) is 4.98 Å². The number of hydrogen-bond acceptors (Lipinski definition) is 5. The summed E-state index contributed by atoms with van der Waals surface area (Å²) >= 11 is 0. The third-order valence-corrected chi connectivity index (χ3v) is 5.27. The summed E-state index contributed by atoms with van der Waals surface area (Å²) in [6, 6.07) is 4.25. The number of aromatic nitrogens is 1. The standard InChI is InChI=1S/C19H30N4O2/c1-15-5-3-4-8-23(15)18-13-17(6-7-20-18)19(25)22-11-9-21(10-12-22)14-16(2)24/h6-7,13,15-16,24H,3-5,8-12,14H2,1-2H3/t15-,16+/m1/s1. The molecule has 6 nitrogen and oxygen atoms in total. The lowest BCUT2D eigenvalue weighted by atomic mass is 10.0. The molecule has 2 aliphatic heterocycles. The van der Waals surface area contributed by atoms with Gasteiger partial charge in [-0.15, -0.1) is 0 Å². The van der Waals surface area contributed by atoms with Crippen molar-refractivity contribution in [2.45, 2.75) is 45.3 Å². The summed E-state index contributed by atoms with van der Waals surface area (Å²) in [5, 5.41) is 9.50. The number of piperazine rings is 1. The average molecular weight is 346 g/mol. The Bertz CT molecular complexity index is 585. The topological polar surface area (TPSA) is 59.9 Å². The first-order chi connectivity index (χ1) is 12.0. The molecule has 2 saturated heterocycles. The van der Waals surface area contributed by atoms with Gasteiger partial charge in [-0.1, -0.05) is 0 Å². The first kappa shape index (κ1) is 18.1. The maximum absolute atomic E-state index is 12.9. The zero-order valence-corrected chi connectivity index (χ0v) is 15.4. The molecule has 2 aliphatic rings. The van der Waals surface area contributed by atoms with Crippen LogP contribution in [0.5, 0.6) is 0 Å². The highest BCUT2D eigenvalue weighted by atomic mass is 16.3. The lowest BCUT2D eigenvalue weighted by molar-refractivity contribution is 0.0554. The Labute approximate surface area is 150 Å². The van der Waals surface area contributed by atoms with Gasteiger partial charge in [0.25, 0.3) is 5.91 Å². The highest BCUT2D eigenvalue weighted by molar-refractivity contribution is 5.95. The molecule has 25 heavy (non-hydrogen) atoms. The monoisotopic (exact) mass is 346 g/mol. The fourth-order valence-corrected chi connectivity index (χ4v) is 3.84. The van der Waals surface area contributed by atoms with Gasteiger partial charge in [-0.3, -0.25) is 9.69 Å². The summed E-state index contributed by atoms with van der Waals surface area (Å²) in [5.74, 6) is 1.01. The van der Waals surface area contributed by atoms with Crippen molar-refractivity contribution in [1.29, 1.82) is 0 Å². The molecule has 0 unspecified atom stereocenters. The Kier molecular flexibility index (Phi) is 5.91. The number of rotatable bonds is 4. The van der Waals surface area contributed by atoms with Gasteiger partial charge in [0.2, 0.25) is 0 Å². The Hall–Kier alpha value is -1.66. The minimum atomic E-state index is -0.323. The second-order valence-electron chi connectivity index (χ2n) is 7.38. The lowest BCUT2D eigenvalue weighted by Crippen LogP contribution is -2.50. The van der Waals surface area contributed by atoms with E-state index in [1.807, 2.05) is 17.0 Å². The van der Waals surface area contributed by atoms with E-state index in [0.29, 0.717) is 25.7 Å². The predicted octanol–water partition coefficient (Wildman–Crippen LogP) is 1.60. The third-order valence-electron chi connectivity index (χ3n) is 5.27. The summed E-state index contributed by atoms with van der Waals surface area (Å²) in [6.45, 7) is 8.79. The van der Waals surface area contributed by atoms with Crippen LogP contribution in [0.15, 0.2) is 18.3 Å². The normalized spacial score (nSPS) is 23.6. The van der Waals surface area contributed by atoms with Crippen LogP contribution in [0.3, 0.4) is 0 Å². The van der Waals surface area contributed by atoms with E-state index in [2.05, 4.69) is 21.7 Å². The van der Waals surface area contributed by atoms with Crippen molar-refractivity contribution in [3.63, 3.8) is 0 Å². The van der Waals surface area contributed by atoms with Crippen LogP contribution in [0.4, 0.5) is 5.82 Å². The highest BCUT2D eigenvalue weighted by Gasteiger charge is 2.24. The maximum Gasteiger partial charge on any atom is 0.254 e. The Morgan fingerprint density at radius 2 is 2.04 bits per heavy atom. The molecule has 0 aliphatic carbocycles. The van der Waals surface area contributed by atoms with Crippen LogP contribution < -0.4 is 4.90 Å². The average Bonchev–Trinajstić information content (AvgIpc) is 2.62. The number of nitrogens with zero attached hydrogens (tertiary/aromatic N) is 4. The molecule has 1 aromatic heterocycles. The summed E-state index contributed by atoms with van der Waals surface area (Å²) in [7, 11) is 0. The second kappa shape index (κ2) is 8.15. The van der Waals surface area contributed by atoms with Crippen LogP contribution in [0.1, 0.15) is 43.5 Å². The second-order valence-corrected chi connectivity index (χ2v) is 7.38. The van der Waals surface area contributed by atoms with Crippen molar-refractivity contribution in [3.8, 4) is 0 Å². The minimum absolute atomic E-state index is 0.0880. The van der Waals surface area contributed by atoms with Gasteiger partial charge >= 0.3 is 0 Å². The Morgan fingerprint density at radius 1 is 1.28 bits per heavy atom. The van der Waals surface area contributed by atoms with Crippen LogP contribution in [0.2, 0.25) is 0 Å². The van der Waals surface area contributed by atoms with Crippen LogP contribution in [0, 0.1) is 0 Å². The molecule has 0 spiro atoms. The SMILES string of the molecule is C[C@H](O)CN1CCN(C(=O)c2ccnc(N3CCCC[C@H]3C)c2)CC1. The first-order valence-electron chi connectivity index (χ1n) is 9.47. The van der Waals surface area contributed by atoms with E-state index in [0.717, 1.165) is 31.0 Å². The zero-order chi connectivity index (χ0) is 17.8. The van der Waals surface area contributed by atoms with Crippen molar-refractivity contribution in [3.05, 3.63) is 23.9 Å². The molecule has 3 heterocycles. The Morgan fingerprint density at radius 3 is 2.72 bits per heavy atom. The number of hydrogen-bond donors (Lipinski definition) is 1. The lowest BCUT2D eigenvalue weighted by Gasteiger charge is -2.36. The number of carbonyl (C=O) groups excluding carboxylic acids is 1. The molecule has 0 bridgehead atoms. The maximum atomic E-state index is 12.9. The number of amides is 1. The molecule has 3 rings (SSSR count). The van der Waals surface area contributed by atoms with Crippen LogP contribution >= 0.6 is 0 Å². The zero-order valence-electron chi connectivity index (χ0n) is 15.4. The van der Waals surface area contributed by atoms with Gasteiger partial charge in [0, 0.05) is 57.1 Å². The van der Waals surface area contributed by atoms with Gasteiger partial charge < -0.3 is 14.9 Å². The largest absolute Gasteiger partial charge is 0.392 e. The van der Waals surface area contributed by atoms with Crippen LogP contribution in [-0.4, -0.2) is 77.2 Å². The van der Waals surface area contributed by atoms with E-state index in [1.54, 1.807) is 13.1 Å². The molecule has 1 amide bonds. The molecule has 2 fully saturated rings. The number of anilines is 1. The Balaban J connectivity index is 1.64. The van der Waals surface area contributed by atoms with Gasteiger partial charge in [0.1, 0.15) is 5.82 Å². The molecular formula is C19H30N4O2. The van der Waals surface area contributed by atoms with E-state index >= 15 is 0 Å². The van der Waals surface area contributed by atoms with Gasteiger partial charge in [-0.2, -0.15) is 0 Å². The van der Waals surface area contributed by atoms with Crippen molar-refractivity contribution in [1.82, 2.24) is 14.8 Å². The van der Waals surface area contributed by atoms with Crippen LogP contribution in [-0.2, 0) is 0 Å². The van der Waals surface area contributed by atoms with E-state index in [4.69, 9.17) is 0 Å². The van der Waals surface area contributed by atoms with E-state index in [-0.39, 0.29) is 12.0 Å². The molecule has 0 saturated carbocycles. The van der Waals surface area contributed by atoms with Gasteiger partial charge in [0.15, 0.2) is 0 Å². The fraction of sp³-hybridized carbons (Fsp3) is 0.684.